The molecule has 1 amide bonds. The summed E-state index contributed by atoms with van der Waals surface area (Å²) < 4.78 is 10.8. The van der Waals surface area contributed by atoms with Crippen LogP contribution in [-0.4, -0.2) is 32.2 Å². The Hall–Kier alpha value is -1.69. The molecule has 0 bridgehead atoms. The van der Waals surface area contributed by atoms with Crippen LogP contribution in [0.2, 0.25) is 0 Å². The van der Waals surface area contributed by atoms with Crippen LogP contribution < -0.4 is 10.6 Å². The van der Waals surface area contributed by atoms with Crippen molar-refractivity contribution in [2.24, 2.45) is 0 Å². The van der Waals surface area contributed by atoms with Crippen LogP contribution in [0.4, 0.5) is 5.69 Å². The minimum Gasteiger partial charge on any atom is -0.346 e. The molecule has 1 saturated heterocycles. The van der Waals surface area contributed by atoms with E-state index in [9.17, 15) is 4.79 Å². The lowest BCUT2D eigenvalue weighted by molar-refractivity contribution is -0.115. The second kappa shape index (κ2) is 7.04. The number of benzene rings is 1. The number of anilines is 1. The molecule has 5 nitrogen and oxygen atoms in total. The first-order valence-corrected chi connectivity index (χ1v) is 6.24. The molecular formula is C14H18N2O3. The van der Waals surface area contributed by atoms with Gasteiger partial charge in [0.2, 0.25) is 5.91 Å². The Morgan fingerprint density at radius 3 is 2.63 bits per heavy atom. The van der Waals surface area contributed by atoms with Crippen LogP contribution in [-0.2, 0) is 14.3 Å². The van der Waals surface area contributed by atoms with Crippen LogP contribution >= 0.6 is 0 Å². The number of carbonyl (C=O) groups is 1. The summed E-state index contributed by atoms with van der Waals surface area (Å²) in [5, 5.41) is 5.74. The predicted octanol–water partition coefficient (Wildman–Crippen LogP) is 1.45. The Labute approximate surface area is 112 Å². The number of carbonyl (C=O) groups excluding carboxylic acids is 1. The largest absolute Gasteiger partial charge is 0.346 e. The molecule has 0 saturated carbocycles. The van der Waals surface area contributed by atoms with Crippen molar-refractivity contribution < 1.29 is 14.3 Å². The summed E-state index contributed by atoms with van der Waals surface area (Å²) in [6, 6.07) is 7.46. The smallest absolute Gasteiger partial charge is 0.238 e. The molecule has 1 heterocycles. The maximum absolute atomic E-state index is 11.6. The lowest BCUT2D eigenvalue weighted by Gasteiger charge is -2.10. The first-order valence-electron chi connectivity index (χ1n) is 6.24. The van der Waals surface area contributed by atoms with Gasteiger partial charge in [0.15, 0.2) is 6.29 Å². The minimum atomic E-state index is -0.279. The molecular weight excluding hydrogens is 244 g/mol. The molecule has 102 valence electrons. The van der Waals surface area contributed by atoms with Gasteiger partial charge in [-0.1, -0.05) is 18.2 Å². The molecule has 1 aliphatic heterocycles. The van der Waals surface area contributed by atoms with Gasteiger partial charge in [0.25, 0.3) is 0 Å². The van der Waals surface area contributed by atoms with Gasteiger partial charge in [-0.25, -0.2) is 0 Å². The normalized spacial score (nSPS) is 15.4. The lowest BCUT2D eigenvalue weighted by Crippen LogP contribution is -2.28. The fraction of sp³-hybridized carbons (Fsp3) is 0.357. The molecule has 0 atom stereocenters. The van der Waals surface area contributed by atoms with E-state index in [4.69, 9.17) is 9.47 Å². The van der Waals surface area contributed by atoms with Crippen molar-refractivity contribution in [3.8, 4) is 0 Å². The molecule has 2 rings (SSSR count). The fourth-order valence-electron chi connectivity index (χ4n) is 1.77. The van der Waals surface area contributed by atoms with Crippen molar-refractivity contribution in [1.29, 1.82) is 0 Å². The number of rotatable bonds is 6. The number of amides is 1. The monoisotopic (exact) mass is 262 g/mol. The lowest BCUT2D eigenvalue weighted by atomic mass is 10.2. The summed E-state index contributed by atoms with van der Waals surface area (Å²) in [6.45, 7) is 5.70. The average molecular weight is 262 g/mol. The van der Waals surface area contributed by atoms with Crippen LogP contribution in [0.15, 0.2) is 36.9 Å². The minimum absolute atomic E-state index is 0.0806. The summed E-state index contributed by atoms with van der Waals surface area (Å²) in [7, 11) is 0. The highest BCUT2D eigenvalue weighted by Crippen LogP contribution is 2.24. The molecule has 2 N–H and O–H groups in total. The highest BCUT2D eigenvalue weighted by Gasteiger charge is 2.17. The van der Waals surface area contributed by atoms with E-state index in [1.54, 1.807) is 6.08 Å². The zero-order chi connectivity index (χ0) is 13.5. The van der Waals surface area contributed by atoms with Crippen molar-refractivity contribution in [3.63, 3.8) is 0 Å². The Kier molecular flexibility index (Phi) is 5.09. The third-order valence-electron chi connectivity index (χ3n) is 2.66. The third kappa shape index (κ3) is 4.17. The summed E-state index contributed by atoms with van der Waals surface area (Å²) >= 11 is 0. The first-order chi connectivity index (χ1) is 9.29. The van der Waals surface area contributed by atoms with Crippen molar-refractivity contribution in [2.75, 3.05) is 31.6 Å². The molecule has 0 spiro atoms. The van der Waals surface area contributed by atoms with Crippen LogP contribution in [0.25, 0.3) is 0 Å². The Balaban J connectivity index is 1.84. The zero-order valence-corrected chi connectivity index (χ0v) is 10.7. The Morgan fingerprint density at radius 1 is 1.32 bits per heavy atom. The van der Waals surface area contributed by atoms with Crippen LogP contribution in [0.5, 0.6) is 0 Å². The van der Waals surface area contributed by atoms with Crippen LogP contribution in [0, 0.1) is 0 Å². The van der Waals surface area contributed by atoms with E-state index in [1.807, 2.05) is 24.3 Å². The predicted molar refractivity (Wildman–Crippen MR) is 72.8 cm³/mol. The summed E-state index contributed by atoms with van der Waals surface area (Å²) in [4.78, 5) is 11.6. The fourth-order valence-corrected chi connectivity index (χ4v) is 1.77. The summed E-state index contributed by atoms with van der Waals surface area (Å²) in [6.07, 6.45) is 1.43. The van der Waals surface area contributed by atoms with E-state index in [2.05, 4.69) is 17.2 Å². The third-order valence-corrected chi connectivity index (χ3v) is 2.66. The van der Waals surface area contributed by atoms with Gasteiger partial charge in [0.1, 0.15) is 0 Å². The Morgan fingerprint density at radius 2 is 2.00 bits per heavy atom. The maximum Gasteiger partial charge on any atom is 0.238 e. The highest BCUT2D eigenvalue weighted by atomic mass is 16.7. The molecule has 0 aromatic heterocycles. The quantitative estimate of drug-likeness (QED) is 0.601. The highest BCUT2D eigenvalue weighted by molar-refractivity contribution is 5.92. The summed E-state index contributed by atoms with van der Waals surface area (Å²) in [5.74, 6) is -0.0806. The van der Waals surface area contributed by atoms with E-state index >= 15 is 0 Å². The van der Waals surface area contributed by atoms with Gasteiger partial charge < -0.3 is 20.1 Å². The second-order valence-corrected chi connectivity index (χ2v) is 4.16. The first kappa shape index (κ1) is 13.7. The molecule has 1 aromatic rings. The number of hydrogen-bond donors (Lipinski definition) is 2. The van der Waals surface area contributed by atoms with Gasteiger partial charge in [-0.05, 0) is 12.1 Å². The molecule has 0 aliphatic carbocycles. The molecule has 1 aliphatic rings. The maximum atomic E-state index is 11.6. The van der Waals surface area contributed by atoms with Crippen molar-refractivity contribution in [3.05, 3.63) is 42.5 Å². The number of nitrogens with one attached hydrogen (secondary N) is 2. The zero-order valence-electron chi connectivity index (χ0n) is 10.7. The van der Waals surface area contributed by atoms with E-state index in [-0.39, 0.29) is 18.7 Å². The molecule has 0 radical (unpaired) electrons. The molecule has 5 heteroatoms. The number of ether oxygens (including phenoxy) is 2. The molecule has 19 heavy (non-hydrogen) atoms. The molecule has 1 aromatic carbocycles. The van der Waals surface area contributed by atoms with Gasteiger partial charge >= 0.3 is 0 Å². The van der Waals surface area contributed by atoms with E-state index < -0.39 is 0 Å². The van der Waals surface area contributed by atoms with E-state index in [0.717, 1.165) is 11.3 Å². The van der Waals surface area contributed by atoms with Gasteiger partial charge in [-0.2, -0.15) is 0 Å². The topological polar surface area (TPSA) is 59.6 Å². The van der Waals surface area contributed by atoms with Gasteiger partial charge in [0.05, 0.1) is 19.8 Å². The second-order valence-electron chi connectivity index (χ2n) is 4.16. The molecule has 1 fully saturated rings. The average Bonchev–Trinajstić information content (AvgIpc) is 2.94. The SMILES string of the molecule is C=CCNCC(=O)Nc1ccc(C2OCCO2)cc1. The van der Waals surface area contributed by atoms with Crippen LogP contribution in [0.3, 0.4) is 0 Å². The van der Waals surface area contributed by atoms with Gasteiger partial charge in [-0.15, -0.1) is 6.58 Å². The van der Waals surface area contributed by atoms with E-state index in [1.165, 1.54) is 0 Å². The van der Waals surface area contributed by atoms with Crippen molar-refractivity contribution in [2.45, 2.75) is 6.29 Å². The van der Waals surface area contributed by atoms with Crippen LogP contribution in [0.1, 0.15) is 11.9 Å². The number of hydrogen-bond acceptors (Lipinski definition) is 4. The van der Waals surface area contributed by atoms with Crippen molar-refractivity contribution >= 4 is 11.6 Å². The van der Waals surface area contributed by atoms with E-state index in [0.29, 0.717) is 19.8 Å². The van der Waals surface area contributed by atoms with Crippen molar-refractivity contribution in [1.82, 2.24) is 5.32 Å². The standard InChI is InChI=1S/C14H18N2O3/c1-2-7-15-10-13(17)16-12-5-3-11(4-6-12)14-18-8-9-19-14/h2-6,14-15H,1,7-10H2,(H,16,17). The molecule has 0 unspecified atom stereocenters. The van der Waals surface area contributed by atoms with Gasteiger partial charge in [0, 0.05) is 17.8 Å². The Bertz CT molecular complexity index is 425. The van der Waals surface area contributed by atoms with Gasteiger partial charge in [-0.3, -0.25) is 4.79 Å². The summed E-state index contributed by atoms with van der Waals surface area (Å²) in [5.41, 5.74) is 1.72.